The van der Waals surface area contributed by atoms with Crippen molar-refractivity contribution in [2.24, 2.45) is 7.05 Å². The molecule has 0 radical (unpaired) electrons. The molecule has 0 saturated heterocycles. The molecule has 1 aromatic heterocycles. The predicted molar refractivity (Wildman–Crippen MR) is 120 cm³/mol. The predicted octanol–water partition coefficient (Wildman–Crippen LogP) is 6.09. The molecule has 27 heavy (non-hydrogen) atoms. The first kappa shape index (κ1) is 20.3. The minimum atomic E-state index is 0.359. The van der Waals surface area contributed by atoms with Gasteiger partial charge < -0.3 is 9.67 Å². The Balaban J connectivity index is 1.95. The van der Waals surface area contributed by atoms with Gasteiger partial charge in [-0.25, -0.2) is 0 Å². The second-order valence-electron chi connectivity index (χ2n) is 6.88. The number of fused-ring (bicyclic) bond motifs is 1. The van der Waals surface area contributed by atoms with Crippen molar-refractivity contribution in [2.75, 3.05) is 13.1 Å². The van der Waals surface area contributed by atoms with E-state index in [1.54, 1.807) is 0 Å². The Labute approximate surface area is 174 Å². The Morgan fingerprint density at radius 2 is 1.78 bits per heavy atom. The van der Waals surface area contributed by atoms with E-state index in [0.29, 0.717) is 5.75 Å². The average molecular weight is 447 g/mol. The minimum absolute atomic E-state index is 0.359. The SMILES string of the molecule is CCN(CC)Cc1c(O)c(Br)cc2c1cc(CSc1ccc(C)cc1)n2C. The largest absolute Gasteiger partial charge is 0.506 e. The van der Waals surface area contributed by atoms with Crippen molar-refractivity contribution in [3.8, 4) is 5.75 Å². The zero-order valence-corrected chi connectivity index (χ0v) is 18.8. The second kappa shape index (κ2) is 8.72. The third kappa shape index (κ3) is 4.36. The standard InChI is InChI=1S/C22H27BrN2OS/c1-5-25(6-2)13-19-18-11-16(14-27-17-9-7-15(3)8-10-17)24(4)21(18)12-20(23)22(19)26/h7-12,26H,5-6,13-14H2,1-4H3. The molecule has 1 heterocycles. The van der Waals surface area contributed by atoms with Gasteiger partial charge in [-0.15, -0.1) is 11.8 Å². The molecule has 144 valence electrons. The summed E-state index contributed by atoms with van der Waals surface area (Å²) in [5, 5.41) is 11.8. The molecule has 5 heteroatoms. The van der Waals surface area contributed by atoms with Gasteiger partial charge in [-0.1, -0.05) is 31.5 Å². The van der Waals surface area contributed by atoms with Crippen molar-refractivity contribution in [2.45, 2.75) is 38.0 Å². The fourth-order valence-electron chi connectivity index (χ4n) is 3.31. The molecule has 0 unspecified atom stereocenters. The van der Waals surface area contributed by atoms with E-state index in [1.807, 2.05) is 17.8 Å². The molecule has 0 aliphatic carbocycles. The van der Waals surface area contributed by atoms with Gasteiger partial charge in [-0.05, 0) is 60.2 Å². The summed E-state index contributed by atoms with van der Waals surface area (Å²) in [5.74, 6) is 1.26. The first-order valence-electron chi connectivity index (χ1n) is 9.35. The first-order valence-corrected chi connectivity index (χ1v) is 11.1. The van der Waals surface area contributed by atoms with E-state index in [-0.39, 0.29) is 0 Å². The lowest BCUT2D eigenvalue weighted by atomic mass is 10.1. The topological polar surface area (TPSA) is 28.4 Å². The summed E-state index contributed by atoms with van der Waals surface area (Å²) < 4.78 is 3.00. The second-order valence-corrected chi connectivity index (χ2v) is 8.78. The zero-order chi connectivity index (χ0) is 19.6. The van der Waals surface area contributed by atoms with Crippen molar-refractivity contribution in [3.63, 3.8) is 0 Å². The molecule has 0 saturated carbocycles. The third-order valence-electron chi connectivity index (χ3n) is 5.16. The highest BCUT2D eigenvalue weighted by atomic mass is 79.9. The number of phenolic OH excluding ortho intramolecular Hbond substituents is 1. The van der Waals surface area contributed by atoms with Gasteiger partial charge in [0.1, 0.15) is 5.75 Å². The molecule has 3 nitrogen and oxygen atoms in total. The van der Waals surface area contributed by atoms with Crippen molar-refractivity contribution in [1.29, 1.82) is 0 Å². The van der Waals surface area contributed by atoms with Crippen LogP contribution >= 0.6 is 27.7 Å². The highest BCUT2D eigenvalue weighted by molar-refractivity contribution is 9.10. The number of rotatable bonds is 7. The number of hydrogen-bond donors (Lipinski definition) is 1. The van der Waals surface area contributed by atoms with Crippen LogP contribution in [0.25, 0.3) is 10.9 Å². The number of aromatic hydroxyl groups is 1. The van der Waals surface area contributed by atoms with Gasteiger partial charge >= 0.3 is 0 Å². The van der Waals surface area contributed by atoms with E-state index in [9.17, 15) is 5.11 Å². The van der Waals surface area contributed by atoms with E-state index < -0.39 is 0 Å². The molecule has 0 fully saturated rings. The van der Waals surface area contributed by atoms with Crippen LogP contribution in [0.5, 0.6) is 5.75 Å². The van der Waals surface area contributed by atoms with Gasteiger partial charge in [0.05, 0.1) is 4.47 Å². The van der Waals surface area contributed by atoms with Crippen LogP contribution in [0.4, 0.5) is 0 Å². The molecule has 3 rings (SSSR count). The van der Waals surface area contributed by atoms with Crippen LogP contribution in [0.2, 0.25) is 0 Å². The number of hydrogen-bond acceptors (Lipinski definition) is 3. The molecule has 2 aromatic carbocycles. The molecular formula is C22H27BrN2OS. The number of phenols is 1. The molecular weight excluding hydrogens is 420 g/mol. The van der Waals surface area contributed by atoms with E-state index >= 15 is 0 Å². The van der Waals surface area contributed by atoms with E-state index in [2.05, 4.69) is 83.5 Å². The third-order valence-corrected chi connectivity index (χ3v) is 6.81. The van der Waals surface area contributed by atoms with Gasteiger partial charge in [-0.2, -0.15) is 0 Å². The molecule has 0 atom stereocenters. The molecule has 0 spiro atoms. The number of thioether (sulfide) groups is 1. The summed E-state index contributed by atoms with van der Waals surface area (Å²) in [5.41, 5.74) is 4.70. The van der Waals surface area contributed by atoms with Gasteiger partial charge in [0.15, 0.2) is 0 Å². The molecule has 1 N–H and O–H groups in total. The Kier molecular flexibility index (Phi) is 6.56. The Bertz CT molecular complexity index is 930. The average Bonchev–Trinajstić information content (AvgIpc) is 2.97. The Hall–Kier alpha value is -1.43. The normalized spacial score (nSPS) is 11.6. The maximum absolute atomic E-state index is 10.7. The maximum atomic E-state index is 10.7. The molecule has 0 aliphatic heterocycles. The van der Waals surface area contributed by atoms with Gasteiger partial charge in [-0.3, -0.25) is 4.90 Å². The van der Waals surface area contributed by atoms with Crippen LogP contribution in [-0.2, 0) is 19.3 Å². The smallest absolute Gasteiger partial charge is 0.135 e. The summed E-state index contributed by atoms with van der Waals surface area (Å²) >= 11 is 5.38. The monoisotopic (exact) mass is 446 g/mol. The number of aryl methyl sites for hydroxylation is 2. The van der Waals surface area contributed by atoms with Crippen LogP contribution in [0.3, 0.4) is 0 Å². The summed E-state index contributed by atoms with van der Waals surface area (Å²) in [6, 6.07) is 12.9. The van der Waals surface area contributed by atoms with Gasteiger partial charge in [0.25, 0.3) is 0 Å². The maximum Gasteiger partial charge on any atom is 0.135 e. The summed E-state index contributed by atoms with van der Waals surface area (Å²) in [7, 11) is 2.11. The van der Waals surface area contributed by atoms with Crippen molar-refractivity contribution < 1.29 is 5.11 Å². The van der Waals surface area contributed by atoms with Crippen LogP contribution in [0.15, 0.2) is 45.8 Å². The van der Waals surface area contributed by atoms with Crippen LogP contribution in [0.1, 0.15) is 30.7 Å². The van der Waals surface area contributed by atoms with Crippen LogP contribution in [0, 0.1) is 6.92 Å². The molecule has 0 aliphatic rings. The fourth-order valence-corrected chi connectivity index (χ4v) is 4.69. The Morgan fingerprint density at radius 1 is 1.11 bits per heavy atom. The first-order chi connectivity index (χ1) is 12.9. The number of halogens is 1. The van der Waals surface area contributed by atoms with Crippen LogP contribution in [-0.4, -0.2) is 27.7 Å². The zero-order valence-electron chi connectivity index (χ0n) is 16.4. The number of aromatic nitrogens is 1. The lowest BCUT2D eigenvalue weighted by Crippen LogP contribution is -2.22. The summed E-state index contributed by atoms with van der Waals surface area (Å²) in [4.78, 5) is 3.60. The fraction of sp³-hybridized carbons (Fsp3) is 0.364. The van der Waals surface area contributed by atoms with Gasteiger partial charge in [0.2, 0.25) is 0 Å². The summed E-state index contributed by atoms with van der Waals surface area (Å²) in [6.07, 6.45) is 0. The summed E-state index contributed by atoms with van der Waals surface area (Å²) in [6.45, 7) is 9.11. The van der Waals surface area contributed by atoms with Crippen molar-refractivity contribution in [1.82, 2.24) is 9.47 Å². The van der Waals surface area contributed by atoms with Crippen LogP contribution < -0.4 is 0 Å². The van der Waals surface area contributed by atoms with Crippen molar-refractivity contribution >= 4 is 38.6 Å². The number of nitrogens with zero attached hydrogens (tertiary/aromatic N) is 2. The van der Waals surface area contributed by atoms with Crippen molar-refractivity contribution in [3.05, 3.63) is 57.7 Å². The Morgan fingerprint density at radius 3 is 2.41 bits per heavy atom. The molecule has 0 amide bonds. The lowest BCUT2D eigenvalue weighted by Gasteiger charge is -2.20. The van der Waals surface area contributed by atoms with E-state index in [4.69, 9.17) is 0 Å². The minimum Gasteiger partial charge on any atom is -0.506 e. The highest BCUT2D eigenvalue weighted by Gasteiger charge is 2.17. The highest BCUT2D eigenvalue weighted by Crippen LogP contribution is 2.38. The lowest BCUT2D eigenvalue weighted by molar-refractivity contribution is 0.292. The van der Waals surface area contributed by atoms with E-state index in [0.717, 1.165) is 46.3 Å². The molecule has 0 bridgehead atoms. The van der Waals surface area contributed by atoms with E-state index in [1.165, 1.54) is 16.2 Å². The molecule has 3 aromatic rings. The number of benzene rings is 2. The quantitative estimate of drug-likeness (QED) is 0.445. The van der Waals surface area contributed by atoms with Gasteiger partial charge in [0, 0.05) is 46.4 Å².